The Balaban J connectivity index is 2.43. The molecule has 3 nitrogen and oxygen atoms in total. The van der Waals surface area contributed by atoms with E-state index in [1.165, 1.54) is 0 Å². The normalized spacial score (nSPS) is 14.5. The first-order chi connectivity index (χ1) is 7.66. The molecule has 0 aromatic heterocycles. The summed E-state index contributed by atoms with van der Waals surface area (Å²) in [5.74, 6) is -0.743. The van der Waals surface area contributed by atoms with Crippen LogP contribution in [-0.4, -0.2) is 18.2 Å². The molecule has 84 valence electrons. The molecule has 0 radical (unpaired) electrons. The molecule has 1 heterocycles. The minimum atomic E-state index is -0.377. The van der Waals surface area contributed by atoms with Crippen LogP contribution in [0.1, 0.15) is 35.7 Å². The Morgan fingerprint density at radius 2 is 2.00 bits per heavy atom. The van der Waals surface area contributed by atoms with Crippen molar-refractivity contribution in [2.45, 2.75) is 26.7 Å². The molecule has 0 unspecified atom stereocenters. The number of hydrogen-bond donors (Lipinski definition) is 0. The topological polar surface area (TPSA) is 37.4 Å². The first-order valence-corrected chi connectivity index (χ1v) is 5.62. The molecule has 0 saturated heterocycles. The predicted octanol–water partition coefficient (Wildman–Crippen LogP) is 2.32. The van der Waals surface area contributed by atoms with E-state index in [0.717, 1.165) is 24.1 Å². The van der Waals surface area contributed by atoms with Crippen molar-refractivity contribution in [3.05, 3.63) is 29.3 Å². The van der Waals surface area contributed by atoms with Gasteiger partial charge in [0.2, 0.25) is 0 Å². The summed E-state index contributed by atoms with van der Waals surface area (Å²) in [7, 11) is 0. The number of nitrogens with zero attached hydrogens (tertiary/aromatic N) is 1. The summed E-state index contributed by atoms with van der Waals surface area (Å²) in [4.78, 5) is 25.1. The zero-order valence-electron chi connectivity index (χ0n) is 9.62. The van der Waals surface area contributed by atoms with Gasteiger partial charge in [0.1, 0.15) is 0 Å². The minimum Gasteiger partial charge on any atom is -0.304 e. The molecule has 0 atom stereocenters. The summed E-state index contributed by atoms with van der Waals surface area (Å²) in [6, 6.07) is 5.49. The molecule has 1 amide bonds. The molecule has 3 heteroatoms. The van der Waals surface area contributed by atoms with E-state index >= 15 is 0 Å². The molecule has 0 spiro atoms. The smallest absolute Gasteiger partial charge is 0.299 e. The average molecular weight is 217 g/mol. The van der Waals surface area contributed by atoms with Gasteiger partial charge in [-0.25, -0.2) is 0 Å². The number of unbranched alkanes of at least 4 members (excludes halogenated alkanes) is 1. The Morgan fingerprint density at radius 1 is 1.25 bits per heavy atom. The summed E-state index contributed by atoms with van der Waals surface area (Å²) >= 11 is 0. The summed E-state index contributed by atoms with van der Waals surface area (Å²) in [6.45, 7) is 4.64. The quantitative estimate of drug-likeness (QED) is 0.729. The van der Waals surface area contributed by atoms with E-state index in [1.807, 2.05) is 19.1 Å². The third-order valence-electron chi connectivity index (χ3n) is 2.93. The Labute approximate surface area is 95.1 Å². The molecule has 2 rings (SSSR count). The standard InChI is InChI=1S/C13H15NO2/c1-3-4-8-14-11-9(2)6-5-7-10(11)12(15)13(14)16/h5-7H,3-4,8H2,1-2H3. The van der Waals surface area contributed by atoms with Gasteiger partial charge in [-0.1, -0.05) is 25.5 Å². The number of fused-ring (bicyclic) bond motifs is 1. The fourth-order valence-corrected chi connectivity index (χ4v) is 2.07. The van der Waals surface area contributed by atoms with Crippen molar-refractivity contribution in [3.63, 3.8) is 0 Å². The number of para-hydroxylation sites is 1. The lowest BCUT2D eigenvalue weighted by Crippen LogP contribution is -2.30. The maximum atomic E-state index is 11.8. The monoisotopic (exact) mass is 217 g/mol. The van der Waals surface area contributed by atoms with E-state index < -0.39 is 0 Å². The number of carbonyl (C=O) groups excluding carboxylic acids is 2. The number of carbonyl (C=O) groups is 2. The Kier molecular flexibility index (Phi) is 2.77. The Morgan fingerprint density at radius 3 is 2.69 bits per heavy atom. The lowest BCUT2D eigenvalue weighted by atomic mass is 10.1. The van der Waals surface area contributed by atoms with Gasteiger partial charge in [-0.3, -0.25) is 9.59 Å². The van der Waals surface area contributed by atoms with Crippen LogP contribution >= 0.6 is 0 Å². The average Bonchev–Trinajstić information content (AvgIpc) is 2.52. The van der Waals surface area contributed by atoms with Gasteiger partial charge < -0.3 is 4.90 Å². The van der Waals surface area contributed by atoms with Crippen LogP contribution in [0.15, 0.2) is 18.2 Å². The van der Waals surface area contributed by atoms with Crippen molar-refractivity contribution >= 4 is 17.4 Å². The Hall–Kier alpha value is -1.64. The van der Waals surface area contributed by atoms with E-state index in [2.05, 4.69) is 6.92 Å². The van der Waals surface area contributed by atoms with Gasteiger partial charge in [-0.05, 0) is 25.0 Å². The van der Waals surface area contributed by atoms with Crippen molar-refractivity contribution < 1.29 is 9.59 Å². The van der Waals surface area contributed by atoms with Crippen molar-refractivity contribution in [1.29, 1.82) is 0 Å². The second kappa shape index (κ2) is 4.08. The lowest BCUT2D eigenvalue weighted by Gasteiger charge is -2.17. The molecule has 1 aromatic carbocycles. The predicted molar refractivity (Wildman–Crippen MR) is 62.8 cm³/mol. The van der Waals surface area contributed by atoms with Crippen LogP contribution < -0.4 is 4.90 Å². The first-order valence-electron chi connectivity index (χ1n) is 5.62. The second-order valence-electron chi connectivity index (χ2n) is 4.11. The highest BCUT2D eigenvalue weighted by atomic mass is 16.2. The summed E-state index contributed by atoms with van der Waals surface area (Å²) in [5, 5.41) is 0. The zero-order chi connectivity index (χ0) is 11.7. The van der Waals surface area contributed by atoms with E-state index in [0.29, 0.717) is 12.1 Å². The van der Waals surface area contributed by atoms with Crippen LogP contribution in [0.5, 0.6) is 0 Å². The highest BCUT2D eigenvalue weighted by molar-refractivity contribution is 6.52. The maximum absolute atomic E-state index is 11.8. The molecule has 0 saturated carbocycles. The number of rotatable bonds is 3. The van der Waals surface area contributed by atoms with Crippen molar-refractivity contribution in [3.8, 4) is 0 Å². The number of ketones is 1. The number of benzene rings is 1. The van der Waals surface area contributed by atoms with Crippen molar-refractivity contribution in [2.24, 2.45) is 0 Å². The summed E-state index contributed by atoms with van der Waals surface area (Å²) in [5.41, 5.74) is 2.36. The number of anilines is 1. The molecule has 1 aliphatic heterocycles. The van der Waals surface area contributed by atoms with Gasteiger partial charge in [-0.2, -0.15) is 0 Å². The minimum absolute atomic E-state index is 0.366. The largest absolute Gasteiger partial charge is 0.304 e. The zero-order valence-corrected chi connectivity index (χ0v) is 9.62. The summed E-state index contributed by atoms with van der Waals surface area (Å²) < 4.78 is 0. The Bertz CT molecular complexity index is 451. The van der Waals surface area contributed by atoms with E-state index in [1.54, 1.807) is 11.0 Å². The van der Waals surface area contributed by atoms with Gasteiger partial charge >= 0.3 is 0 Å². The van der Waals surface area contributed by atoms with Crippen LogP contribution in [0.4, 0.5) is 5.69 Å². The molecular weight excluding hydrogens is 202 g/mol. The van der Waals surface area contributed by atoms with Gasteiger partial charge in [0.15, 0.2) is 0 Å². The molecule has 0 fully saturated rings. The number of hydrogen-bond acceptors (Lipinski definition) is 2. The van der Waals surface area contributed by atoms with E-state index in [9.17, 15) is 9.59 Å². The van der Waals surface area contributed by atoms with Crippen LogP contribution in [0.25, 0.3) is 0 Å². The SMILES string of the molecule is CCCCN1C(=O)C(=O)c2cccc(C)c21. The highest BCUT2D eigenvalue weighted by Crippen LogP contribution is 2.32. The molecule has 0 N–H and O–H groups in total. The second-order valence-corrected chi connectivity index (χ2v) is 4.11. The molecule has 16 heavy (non-hydrogen) atoms. The number of Topliss-reactive ketones (excluding diaryl/α,β-unsaturated/α-hetero) is 1. The first kappa shape index (κ1) is 10.9. The van der Waals surface area contributed by atoms with Crippen LogP contribution in [0.2, 0.25) is 0 Å². The molecule has 0 bridgehead atoms. The fraction of sp³-hybridized carbons (Fsp3) is 0.385. The van der Waals surface area contributed by atoms with E-state index in [-0.39, 0.29) is 11.7 Å². The third-order valence-corrected chi connectivity index (χ3v) is 2.93. The lowest BCUT2D eigenvalue weighted by molar-refractivity contribution is -0.114. The van der Waals surface area contributed by atoms with E-state index in [4.69, 9.17) is 0 Å². The van der Waals surface area contributed by atoms with Crippen LogP contribution in [0.3, 0.4) is 0 Å². The molecule has 0 aliphatic carbocycles. The number of amides is 1. The van der Waals surface area contributed by atoms with Gasteiger partial charge in [-0.15, -0.1) is 0 Å². The van der Waals surface area contributed by atoms with Gasteiger partial charge in [0.05, 0.1) is 11.3 Å². The highest BCUT2D eigenvalue weighted by Gasteiger charge is 2.35. The van der Waals surface area contributed by atoms with Crippen molar-refractivity contribution in [1.82, 2.24) is 0 Å². The van der Waals surface area contributed by atoms with Crippen molar-refractivity contribution in [2.75, 3.05) is 11.4 Å². The van der Waals surface area contributed by atoms with Crippen LogP contribution in [0, 0.1) is 6.92 Å². The molecule has 1 aromatic rings. The fourth-order valence-electron chi connectivity index (χ4n) is 2.07. The van der Waals surface area contributed by atoms with Crippen LogP contribution in [-0.2, 0) is 4.79 Å². The van der Waals surface area contributed by atoms with Gasteiger partial charge in [0.25, 0.3) is 11.7 Å². The maximum Gasteiger partial charge on any atom is 0.299 e. The number of aryl methyl sites for hydroxylation is 1. The molecule has 1 aliphatic rings. The summed E-state index contributed by atoms with van der Waals surface area (Å²) in [6.07, 6.45) is 1.94. The van der Waals surface area contributed by atoms with Gasteiger partial charge in [0, 0.05) is 6.54 Å². The molecular formula is C13H15NO2. The third kappa shape index (κ3) is 1.52.